The number of rotatable bonds is 3. The van der Waals surface area contributed by atoms with Crippen LogP contribution in [0.4, 0.5) is 0 Å². The molecule has 0 atom stereocenters. The summed E-state index contributed by atoms with van der Waals surface area (Å²) in [5, 5.41) is 11.0. The van der Waals surface area contributed by atoms with Gasteiger partial charge in [-0.1, -0.05) is 11.6 Å². The molecule has 2 N–H and O–H groups in total. The lowest BCUT2D eigenvalue weighted by molar-refractivity contribution is -0.137. The molecule has 0 spiro atoms. The molecular weight excluding hydrogens is 282 g/mol. The van der Waals surface area contributed by atoms with Gasteiger partial charge in [0.2, 0.25) is 0 Å². The number of benzene rings is 1. The largest absolute Gasteiger partial charge is 0.506 e. The molecule has 0 amide bonds. The van der Waals surface area contributed by atoms with Crippen LogP contribution >= 0.6 is 11.6 Å². The van der Waals surface area contributed by atoms with Gasteiger partial charge in [-0.2, -0.15) is 0 Å². The third-order valence-corrected chi connectivity index (χ3v) is 2.89. The van der Waals surface area contributed by atoms with Crippen molar-refractivity contribution in [2.45, 2.75) is 6.92 Å². The number of H-pyrrole nitrogens is 1. The Hall–Kier alpha value is -2.27. The lowest BCUT2D eigenvalue weighted by Gasteiger charge is -2.04. The summed E-state index contributed by atoms with van der Waals surface area (Å²) in [6.45, 7) is 1.91. The van der Waals surface area contributed by atoms with Crippen LogP contribution in [0.25, 0.3) is 17.0 Å². The number of hydrogen-bond donors (Lipinski definition) is 2. The number of aromatic hydroxyl groups is 1. The summed E-state index contributed by atoms with van der Waals surface area (Å²) >= 11 is 5.82. The van der Waals surface area contributed by atoms with Crippen molar-refractivity contribution < 1.29 is 14.6 Å². The van der Waals surface area contributed by atoms with E-state index in [9.17, 15) is 14.7 Å². The molecule has 0 aliphatic rings. The minimum absolute atomic E-state index is 0.00660. The predicted octanol–water partition coefficient (Wildman–Crippen LogP) is 2.46. The van der Waals surface area contributed by atoms with E-state index in [1.165, 1.54) is 12.1 Å². The number of hydrogen-bond acceptors (Lipinski definition) is 4. The van der Waals surface area contributed by atoms with Gasteiger partial charge in [-0.3, -0.25) is 4.79 Å². The molecule has 0 aliphatic heterocycles. The number of carbonyl (C=O) groups excluding carboxylic acids is 1. The standard InChI is InChI=1S/C14H12ClNO4/c1-2-20-12(17)6-5-10-13(18)9-4-3-8(15)7-11(9)16-14(10)19/h3-7H,2H2,1H3,(H2,16,18,19). The molecule has 0 fully saturated rings. The summed E-state index contributed by atoms with van der Waals surface area (Å²) in [5.74, 6) is -0.788. The third-order valence-electron chi connectivity index (χ3n) is 2.66. The Labute approximate surface area is 119 Å². The van der Waals surface area contributed by atoms with Gasteiger partial charge in [0.05, 0.1) is 17.7 Å². The zero-order valence-electron chi connectivity index (χ0n) is 10.6. The average molecular weight is 294 g/mol. The number of nitrogens with one attached hydrogen (secondary N) is 1. The number of pyridine rings is 1. The Morgan fingerprint density at radius 3 is 2.95 bits per heavy atom. The molecule has 5 nitrogen and oxygen atoms in total. The number of carbonyl (C=O) groups is 1. The summed E-state index contributed by atoms with van der Waals surface area (Å²) in [7, 11) is 0. The van der Waals surface area contributed by atoms with Crippen LogP contribution in [0.3, 0.4) is 0 Å². The first-order chi connectivity index (χ1) is 9.52. The van der Waals surface area contributed by atoms with E-state index in [0.29, 0.717) is 15.9 Å². The first kappa shape index (κ1) is 14.1. The van der Waals surface area contributed by atoms with Gasteiger partial charge in [0.1, 0.15) is 5.75 Å². The number of halogens is 1. The van der Waals surface area contributed by atoms with Gasteiger partial charge in [0, 0.05) is 16.5 Å². The van der Waals surface area contributed by atoms with E-state index >= 15 is 0 Å². The van der Waals surface area contributed by atoms with Crippen LogP contribution in [0.5, 0.6) is 5.75 Å². The molecule has 0 bridgehead atoms. The van der Waals surface area contributed by atoms with Crippen LogP contribution in [0.1, 0.15) is 12.5 Å². The summed E-state index contributed by atoms with van der Waals surface area (Å²) < 4.78 is 4.71. The number of ether oxygens (including phenoxy) is 1. The maximum Gasteiger partial charge on any atom is 0.330 e. The molecule has 1 aromatic heterocycles. The number of aromatic nitrogens is 1. The average Bonchev–Trinajstić information content (AvgIpc) is 2.38. The normalized spacial score (nSPS) is 11.1. The second-order valence-corrected chi connectivity index (χ2v) is 4.43. The summed E-state index contributed by atoms with van der Waals surface area (Å²) in [6, 6.07) is 4.72. The molecule has 1 heterocycles. The third kappa shape index (κ3) is 2.83. The fourth-order valence-corrected chi connectivity index (χ4v) is 1.94. The van der Waals surface area contributed by atoms with E-state index in [-0.39, 0.29) is 17.9 Å². The molecule has 0 saturated carbocycles. The van der Waals surface area contributed by atoms with E-state index in [0.717, 1.165) is 6.08 Å². The first-order valence-electron chi connectivity index (χ1n) is 5.92. The van der Waals surface area contributed by atoms with Crippen molar-refractivity contribution in [3.05, 3.63) is 45.2 Å². The van der Waals surface area contributed by atoms with Gasteiger partial charge in [-0.05, 0) is 31.2 Å². The van der Waals surface area contributed by atoms with Gasteiger partial charge >= 0.3 is 5.97 Å². The molecule has 1 aromatic carbocycles. The van der Waals surface area contributed by atoms with E-state index in [1.54, 1.807) is 19.1 Å². The summed E-state index contributed by atoms with van der Waals surface area (Å²) in [6.07, 6.45) is 2.32. The van der Waals surface area contributed by atoms with Crippen LogP contribution in [0, 0.1) is 0 Å². The Morgan fingerprint density at radius 1 is 1.50 bits per heavy atom. The van der Waals surface area contributed by atoms with E-state index in [1.807, 2.05) is 0 Å². The Bertz CT molecular complexity index is 749. The highest BCUT2D eigenvalue weighted by molar-refractivity contribution is 6.31. The van der Waals surface area contributed by atoms with E-state index < -0.39 is 11.5 Å². The topological polar surface area (TPSA) is 79.4 Å². The van der Waals surface area contributed by atoms with Gasteiger partial charge in [-0.25, -0.2) is 4.79 Å². The van der Waals surface area contributed by atoms with Crippen molar-refractivity contribution in [2.24, 2.45) is 0 Å². The second kappa shape index (κ2) is 5.79. The summed E-state index contributed by atoms with van der Waals surface area (Å²) in [5.41, 5.74) is -0.0982. The van der Waals surface area contributed by atoms with Crippen LogP contribution in [-0.4, -0.2) is 22.7 Å². The molecule has 0 radical (unpaired) electrons. The SMILES string of the molecule is CCOC(=O)C=Cc1c(O)c2ccc(Cl)cc2[nH]c1=O. The van der Waals surface area contributed by atoms with Gasteiger partial charge in [-0.15, -0.1) is 0 Å². The van der Waals surface area contributed by atoms with Crippen molar-refractivity contribution in [3.8, 4) is 5.75 Å². The quantitative estimate of drug-likeness (QED) is 0.673. The first-order valence-corrected chi connectivity index (χ1v) is 6.30. The lowest BCUT2D eigenvalue weighted by Crippen LogP contribution is -2.10. The number of aromatic amines is 1. The van der Waals surface area contributed by atoms with E-state index in [4.69, 9.17) is 16.3 Å². The number of fused-ring (bicyclic) bond motifs is 1. The van der Waals surface area contributed by atoms with Gasteiger partial charge in [0.15, 0.2) is 0 Å². The maximum absolute atomic E-state index is 11.9. The van der Waals surface area contributed by atoms with Gasteiger partial charge < -0.3 is 14.8 Å². The minimum Gasteiger partial charge on any atom is -0.506 e. The van der Waals surface area contributed by atoms with Crippen molar-refractivity contribution >= 4 is 34.5 Å². The Morgan fingerprint density at radius 2 is 2.25 bits per heavy atom. The molecule has 2 aromatic rings. The van der Waals surface area contributed by atoms with Crippen LogP contribution in [-0.2, 0) is 9.53 Å². The highest BCUT2D eigenvalue weighted by Gasteiger charge is 2.10. The Kier molecular flexibility index (Phi) is 4.10. The molecule has 0 unspecified atom stereocenters. The lowest BCUT2D eigenvalue weighted by atomic mass is 10.1. The number of esters is 1. The molecule has 104 valence electrons. The predicted molar refractivity (Wildman–Crippen MR) is 76.9 cm³/mol. The molecule has 0 saturated heterocycles. The minimum atomic E-state index is -0.581. The van der Waals surface area contributed by atoms with Crippen LogP contribution in [0.15, 0.2) is 29.1 Å². The molecule has 0 aliphatic carbocycles. The fourth-order valence-electron chi connectivity index (χ4n) is 1.77. The molecular formula is C14H12ClNO4. The summed E-state index contributed by atoms with van der Waals surface area (Å²) in [4.78, 5) is 25.7. The zero-order valence-corrected chi connectivity index (χ0v) is 11.4. The van der Waals surface area contributed by atoms with Crippen LogP contribution < -0.4 is 5.56 Å². The van der Waals surface area contributed by atoms with Crippen molar-refractivity contribution in [3.63, 3.8) is 0 Å². The molecule has 6 heteroatoms. The highest BCUT2D eigenvalue weighted by Crippen LogP contribution is 2.27. The van der Waals surface area contributed by atoms with Crippen LogP contribution in [0.2, 0.25) is 5.02 Å². The highest BCUT2D eigenvalue weighted by atomic mass is 35.5. The zero-order chi connectivity index (χ0) is 14.7. The molecule has 2 rings (SSSR count). The van der Waals surface area contributed by atoms with Crippen molar-refractivity contribution in [1.82, 2.24) is 4.98 Å². The fraction of sp³-hybridized carbons (Fsp3) is 0.143. The van der Waals surface area contributed by atoms with Crippen molar-refractivity contribution in [1.29, 1.82) is 0 Å². The molecule has 20 heavy (non-hydrogen) atoms. The van der Waals surface area contributed by atoms with E-state index in [2.05, 4.69) is 4.98 Å². The monoisotopic (exact) mass is 293 g/mol. The van der Waals surface area contributed by atoms with Crippen molar-refractivity contribution in [2.75, 3.05) is 6.61 Å². The Balaban J connectivity index is 2.52. The second-order valence-electron chi connectivity index (χ2n) is 3.99. The maximum atomic E-state index is 11.9. The smallest absolute Gasteiger partial charge is 0.330 e. The van der Waals surface area contributed by atoms with Gasteiger partial charge in [0.25, 0.3) is 5.56 Å².